The van der Waals surface area contributed by atoms with Crippen molar-refractivity contribution in [3.63, 3.8) is 0 Å². The Bertz CT molecular complexity index is 927. The molecule has 28 heavy (non-hydrogen) atoms. The summed E-state index contributed by atoms with van der Waals surface area (Å²) < 4.78 is 0. The minimum Gasteiger partial charge on any atom is -0.333 e. The molecule has 0 radical (unpaired) electrons. The van der Waals surface area contributed by atoms with E-state index in [4.69, 9.17) is 0 Å². The standard InChI is InChI=1S/C23H23N3O2/c1-17(18-10-4-2-5-11-18)24-16-22(27)26-21-15-9-8-14-20(21)23(28)25-19-12-6-3-7-13-19/h2-15,17,24H,16H2,1H3,(H,25,28)(H,26,27)/p+1/t17-/m0/s1. The molecule has 0 heterocycles. The van der Waals surface area contributed by atoms with Crippen molar-refractivity contribution >= 4 is 23.2 Å². The molecule has 3 rings (SSSR count). The van der Waals surface area contributed by atoms with Gasteiger partial charge < -0.3 is 16.0 Å². The van der Waals surface area contributed by atoms with Gasteiger partial charge >= 0.3 is 0 Å². The quantitative estimate of drug-likeness (QED) is 0.594. The number of benzene rings is 3. The molecule has 0 saturated carbocycles. The molecule has 3 aromatic rings. The summed E-state index contributed by atoms with van der Waals surface area (Å²) in [7, 11) is 0. The molecule has 0 aliphatic rings. The number of carbonyl (C=O) groups excluding carboxylic acids is 2. The summed E-state index contributed by atoms with van der Waals surface area (Å²) in [6.07, 6.45) is 0. The maximum absolute atomic E-state index is 12.6. The van der Waals surface area contributed by atoms with Crippen molar-refractivity contribution in [3.8, 4) is 0 Å². The van der Waals surface area contributed by atoms with Crippen LogP contribution in [0.4, 0.5) is 11.4 Å². The predicted octanol–water partition coefficient (Wildman–Crippen LogP) is 3.20. The van der Waals surface area contributed by atoms with Gasteiger partial charge in [0.25, 0.3) is 11.8 Å². The largest absolute Gasteiger partial charge is 0.333 e. The highest BCUT2D eigenvalue weighted by molar-refractivity contribution is 6.10. The number of amides is 2. The Morgan fingerprint density at radius 2 is 1.43 bits per heavy atom. The van der Waals surface area contributed by atoms with Crippen LogP contribution in [0.1, 0.15) is 28.9 Å². The van der Waals surface area contributed by atoms with Crippen molar-refractivity contribution < 1.29 is 14.9 Å². The van der Waals surface area contributed by atoms with Gasteiger partial charge in [0.1, 0.15) is 6.04 Å². The van der Waals surface area contributed by atoms with Crippen LogP contribution in [0.25, 0.3) is 0 Å². The van der Waals surface area contributed by atoms with E-state index in [2.05, 4.69) is 17.6 Å². The Hall–Kier alpha value is -3.44. The second-order valence-corrected chi connectivity index (χ2v) is 6.55. The highest BCUT2D eigenvalue weighted by Gasteiger charge is 2.15. The number of nitrogens with two attached hydrogens (primary N) is 1. The molecule has 5 nitrogen and oxygen atoms in total. The van der Waals surface area contributed by atoms with Crippen molar-refractivity contribution in [3.05, 3.63) is 96.1 Å². The molecule has 0 aliphatic heterocycles. The van der Waals surface area contributed by atoms with Crippen LogP contribution in [0.2, 0.25) is 0 Å². The molecular weight excluding hydrogens is 350 g/mol. The Morgan fingerprint density at radius 1 is 0.821 bits per heavy atom. The van der Waals surface area contributed by atoms with Crippen LogP contribution >= 0.6 is 0 Å². The van der Waals surface area contributed by atoms with Crippen LogP contribution in [0.15, 0.2) is 84.9 Å². The lowest BCUT2D eigenvalue weighted by atomic mass is 10.1. The van der Waals surface area contributed by atoms with Gasteiger partial charge in [-0.05, 0) is 31.2 Å². The predicted molar refractivity (Wildman–Crippen MR) is 111 cm³/mol. The molecule has 4 N–H and O–H groups in total. The fourth-order valence-corrected chi connectivity index (χ4v) is 2.89. The lowest BCUT2D eigenvalue weighted by Crippen LogP contribution is -2.86. The van der Waals surface area contributed by atoms with Gasteiger partial charge in [0.15, 0.2) is 6.54 Å². The second kappa shape index (κ2) is 9.48. The lowest BCUT2D eigenvalue weighted by molar-refractivity contribution is -0.682. The SMILES string of the molecule is C[C@H]([NH2+]CC(=O)Nc1ccccc1C(=O)Nc1ccccc1)c1ccccc1. The molecule has 0 bridgehead atoms. The maximum atomic E-state index is 12.6. The highest BCUT2D eigenvalue weighted by Crippen LogP contribution is 2.17. The summed E-state index contributed by atoms with van der Waals surface area (Å²) >= 11 is 0. The number of carbonyl (C=O) groups is 2. The third kappa shape index (κ3) is 5.28. The third-order valence-corrected chi connectivity index (χ3v) is 4.46. The Balaban J connectivity index is 1.61. The maximum Gasteiger partial charge on any atom is 0.279 e. The van der Waals surface area contributed by atoms with Crippen LogP contribution in [0.3, 0.4) is 0 Å². The molecule has 0 aromatic heterocycles. The van der Waals surface area contributed by atoms with Gasteiger partial charge in [-0.15, -0.1) is 0 Å². The minimum atomic E-state index is -0.260. The van der Waals surface area contributed by atoms with Crippen molar-refractivity contribution in [2.24, 2.45) is 0 Å². The fourth-order valence-electron chi connectivity index (χ4n) is 2.89. The van der Waals surface area contributed by atoms with E-state index >= 15 is 0 Å². The average Bonchev–Trinajstić information content (AvgIpc) is 2.73. The van der Waals surface area contributed by atoms with E-state index in [-0.39, 0.29) is 24.4 Å². The average molecular weight is 374 g/mol. The molecule has 1 atom stereocenters. The van der Waals surface area contributed by atoms with Crippen molar-refractivity contribution in [1.29, 1.82) is 0 Å². The Morgan fingerprint density at radius 3 is 2.14 bits per heavy atom. The molecule has 3 aromatic carbocycles. The molecule has 0 aliphatic carbocycles. The van der Waals surface area contributed by atoms with Crippen LogP contribution < -0.4 is 16.0 Å². The molecule has 5 heteroatoms. The number of quaternary nitrogens is 1. The number of hydrogen-bond donors (Lipinski definition) is 3. The topological polar surface area (TPSA) is 74.8 Å². The highest BCUT2D eigenvalue weighted by atomic mass is 16.2. The van der Waals surface area contributed by atoms with Gasteiger partial charge in [-0.2, -0.15) is 0 Å². The van der Waals surface area contributed by atoms with E-state index in [0.29, 0.717) is 16.9 Å². The molecule has 0 fully saturated rings. The monoisotopic (exact) mass is 374 g/mol. The Kier molecular flexibility index (Phi) is 6.54. The van der Waals surface area contributed by atoms with Gasteiger partial charge in [0.2, 0.25) is 0 Å². The first-order valence-electron chi connectivity index (χ1n) is 9.27. The zero-order chi connectivity index (χ0) is 19.8. The van der Waals surface area contributed by atoms with E-state index in [1.165, 1.54) is 0 Å². The van der Waals surface area contributed by atoms with Gasteiger partial charge in [-0.3, -0.25) is 9.59 Å². The summed E-state index contributed by atoms with van der Waals surface area (Å²) in [5.74, 6) is -0.411. The van der Waals surface area contributed by atoms with Crippen molar-refractivity contribution in [2.45, 2.75) is 13.0 Å². The normalized spacial score (nSPS) is 11.5. The first kappa shape index (κ1) is 19.3. The van der Waals surface area contributed by atoms with Crippen molar-refractivity contribution in [2.75, 3.05) is 17.2 Å². The molecule has 2 amide bonds. The fraction of sp³-hybridized carbons (Fsp3) is 0.130. The zero-order valence-electron chi connectivity index (χ0n) is 15.8. The summed E-state index contributed by atoms with van der Waals surface area (Å²) in [4.78, 5) is 25.0. The van der Waals surface area contributed by atoms with E-state index in [9.17, 15) is 9.59 Å². The number of anilines is 2. The first-order valence-corrected chi connectivity index (χ1v) is 9.27. The van der Waals surface area contributed by atoms with Crippen LogP contribution in [0, 0.1) is 0 Å². The zero-order valence-corrected chi connectivity index (χ0v) is 15.8. The smallest absolute Gasteiger partial charge is 0.279 e. The van der Waals surface area contributed by atoms with E-state index in [1.54, 1.807) is 24.3 Å². The summed E-state index contributed by atoms with van der Waals surface area (Å²) in [5, 5.41) is 7.67. The molecular formula is C23H24N3O2+. The Labute approximate surface area is 164 Å². The molecule has 0 saturated heterocycles. The summed E-state index contributed by atoms with van der Waals surface area (Å²) in [6, 6.07) is 26.4. The van der Waals surface area contributed by atoms with E-state index < -0.39 is 0 Å². The van der Waals surface area contributed by atoms with Gasteiger partial charge in [-0.25, -0.2) is 0 Å². The van der Waals surface area contributed by atoms with Crippen LogP contribution in [-0.2, 0) is 4.79 Å². The van der Waals surface area contributed by atoms with Gasteiger partial charge in [0.05, 0.1) is 11.3 Å². The van der Waals surface area contributed by atoms with E-state index in [1.807, 2.05) is 66.0 Å². The number of hydrogen-bond acceptors (Lipinski definition) is 2. The van der Waals surface area contributed by atoms with Crippen molar-refractivity contribution in [1.82, 2.24) is 0 Å². The van der Waals surface area contributed by atoms with Gasteiger partial charge in [-0.1, -0.05) is 60.7 Å². The van der Waals surface area contributed by atoms with E-state index in [0.717, 1.165) is 5.56 Å². The van der Waals surface area contributed by atoms with Crippen LogP contribution in [0.5, 0.6) is 0 Å². The first-order chi connectivity index (χ1) is 13.6. The van der Waals surface area contributed by atoms with Crippen LogP contribution in [-0.4, -0.2) is 18.4 Å². The molecule has 0 spiro atoms. The lowest BCUT2D eigenvalue weighted by Gasteiger charge is -2.13. The summed E-state index contributed by atoms with van der Waals surface area (Å²) in [6.45, 7) is 2.33. The summed E-state index contributed by atoms with van der Waals surface area (Å²) in [5.41, 5.74) is 2.80. The number of rotatable bonds is 7. The third-order valence-electron chi connectivity index (χ3n) is 4.46. The molecule has 142 valence electrons. The van der Waals surface area contributed by atoms with Gasteiger partial charge in [0, 0.05) is 11.3 Å². The minimum absolute atomic E-state index is 0.150. The molecule has 0 unspecified atom stereocenters. The number of para-hydroxylation sites is 2. The second-order valence-electron chi connectivity index (χ2n) is 6.55. The number of nitrogens with one attached hydrogen (secondary N) is 2.